The van der Waals surface area contributed by atoms with Crippen molar-refractivity contribution in [1.29, 1.82) is 0 Å². The molecule has 3 rings (SSSR count). The van der Waals surface area contributed by atoms with Crippen molar-refractivity contribution in [2.75, 3.05) is 6.61 Å². The lowest BCUT2D eigenvalue weighted by Gasteiger charge is -2.08. The minimum Gasteiger partial charge on any atom is -0.467 e. The molecule has 0 aliphatic rings. The Labute approximate surface area is 160 Å². The molecule has 5 nitrogen and oxygen atoms in total. The highest BCUT2D eigenvalue weighted by atomic mass is 35.5. The first kappa shape index (κ1) is 18.9. The summed E-state index contributed by atoms with van der Waals surface area (Å²) in [6.45, 7) is 3.70. The van der Waals surface area contributed by atoms with E-state index in [2.05, 4.69) is 0 Å². The maximum atomic E-state index is 13.8. The van der Waals surface area contributed by atoms with Crippen LogP contribution in [-0.2, 0) is 11.3 Å². The van der Waals surface area contributed by atoms with Crippen LogP contribution in [0.15, 0.2) is 47.1 Å². The Morgan fingerprint density at radius 3 is 2.63 bits per heavy atom. The standard InChI is InChI=1S/C20H17ClFNO4/c1-12-8-17(13(2)23(12)10-15-4-3-7-26-15)19(24)11-27-20(25)16-6-5-14(21)9-18(16)22/h3-9H,10-11H2,1-2H3. The third-order valence-electron chi connectivity index (χ3n) is 4.25. The average molecular weight is 390 g/mol. The van der Waals surface area contributed by atoms with Crippen LogP contribution < -0.4 is 0 Å². The Balaban J connectivity index is 1.70. The molecule has 3 aromatic rings. The zero-order valence-electron chi connectivity index (χ0n) is 14.8. The summed E-state index contributed by atoms with van der Waals surface area (Å²) in [5.41, 5.74) is 1.80. The average Bonchev–Trinajstić information content (AvgIpc) is 3.23. The van der Waals surface area contributed by atoms with Gasteiger partial charge in [-0.1, -0.05) is 11.6 Å². The first-order valence-corrected chi connectivity index (χ1v) is 8.59. The fourth-order valence-corrected chi connectivity index (χ4v) is 2.99. The number of ketones is 1. The number of carbonyl (C=O) groups is 2. The SMILES string of the molecule is Cc1cc(C(=O)COC(=O)c2ccc(Cl)cc2F)c(C)n1Cc1ccco1. The van der Waals surface area contributed by atoms with Gasteiger partial charge in [-0.2, -0.15) is 0 Å². The molecule has 1 aromatic carbocycles. The van der Waals surface area contributed by atoms with Crippen LogP contribution in [0.25, 0.3) is 0 Å². The summed E-state index contributed by atoms with van der Waals surface area (Å²) in [7, 11) is 0. The van der Waals surface area contributed by atoms with Gasteiger partial charge in [-0.25, -0.2) is 9.18 Å². The smallest absolute Gasteiger partial charge is 0.341 e. The lowest BCUT2D eigenvalue weighted by atomic mass is 10.1. The van der Waals surface area contributed by atoms with Gasteiger partial charge in [0, 0.05) is 22.0 Å². The Morgan fingerprint density at radius 2 is 1.96 bits per heavy atom. The minimum atomic E-state index is -0.915. The van der Waals surface area contributed by atoms with E-state index < -0.39 is 18.4 Å². The summed E-state index contributed by atoms with van der Waals surface area (Å²) in [6.07, 6.45) is 1.59. The van der Waals surface area contributed by atoms with Gasteiger partial charge in [-0.15, -0.1) is 0 Å². The van der Waals surface area contributed by atoms with Crippen LogP contribution in [0.5, 0.6) is 0 Å². The van der Waals surface area contributed by atoms with E-state index >= 15 is 0 Å². The second kappa shape index (κ2) is 7.80. The highest BCUT2D eigenvalue weighted by Gasteiger charge is 2.20. The number of hydrogen-bond donors (Lipinski definition) is 0. The van der Waals surface area contributed by atoms with Crippen LogP contribution in [0.2, 0.25) is 5.02 Å². The molecule has 0 aliphatic heterocycles. The van der Waals surface area contributed by atoms with E-state index in [4.69, 9.17) is 20.8 Å². The third-order valence-corrected chi connectivity index (χ3v) is 4.49. The molecule has 0 saturated heterocycles. The van der Waals surface area contributed by atoms with Gasteiger partial charge < -0.3 is 13.7 Å². The Kier molecular flexibility index (Phi) is 5.46. The lowest BCUT2D eigenvalue weighted by molar-refractivity contribution is 0.0470. The summed E-state index contributed by atoms with van der Waals surface area (Å²) in [5.74, 6) is -1.31. The molecular formula is C20H17ClFNO4. The number of aryl methyl sites for hydroxylation is 1. The number of esters is 1. The first-order chi connectivity index (χ1) is 12.9. The van der Waals surface area contributed by atoms with Crippen molar-refractivity contribution in [2.45, 2.75) is 20.4 Å². The number of furan rings is 1. The number of benzene rings is 1. The van der Waals surface area contributed by atoms with Crippen molar-refractivity contribution in [2.24, 2.45) is 0 Å². The number of rotatable bonds is 6. The molecule has 0 radical (unpaired) electrons. The number of halogens is 2. The molecule has 0 aliphatic carbocycles. The van der Waals surface area contributed by atoms with E-state index in [1.807, 2.05) is 24.5 Å². The summed E-state index contributed by atoms with van der Waals surface area (Å²) < 4.78 is 26.0. The van der Waals surface area contributed by atoms with Gasteiger partial charge >= 0.3 is 5.97 Å². The van der Waals surface area contributed by atoms with Gasteiger partial charge in [0.25, 0.3) is 0 Å². The fourth-order valence-electron chi connectivity index (χ4n) is 2.83. The first-order valence-electron chi connectivity index (χ1n) is 8.21. The highest BCUT2D eigenvalue weighted by Crippen LogP contribution is 2.19. The van der Waals surface area contributed by atoms with Crippen molar-refractivity contribution in [3.8, 4) is 0 Å². The molecule has 7 heteroatoms. The van der Waals surface area contributed by atoms with Crippen molar-refractivity contribution >= 4 is 23.4 Å². The van der Waals surface area contributed by atoms with Crippen LogP contribution in [0, 0.1) is 19.7 Å². The maximum Gasteiger partial charge on any atom is 0.341 e. The van der Waals surface area contributed by atoms with Crippen LogP contribution in [-0.4, -0.2) is 22.9 Å². The van der Waals surface area contributed by atoms with Crippen molar-refractivity contribution in [1.82, 2.24) is 4.57 Å². The van der Waals surface area contributed by atoms with Gasteiger partial charge in [-0.3, -0.25) is 4.79 Å². The van der Waals surface area contributed by atoms with Crippen LogP contribution in [0.1, 0.15) is 37.9 Å². The zero-order chi connectivity index (χ0) is 19.6. The minimum absolute atomic E-state index is 0.170. The van der Waals surface area contributed by atoms with Gasteiger partial charge in [0.1, 0.15) is 11.6 Å². The van der Waals surface area contributed by atoms with E-state index in [1.165, 1.54) is 12.1 Å². The molecule has 140 valence electrons. The van der Waals surface area contributed by atoms with Gasteiger partial charge in [0.05, 0.1) is 18.4 Å². The molecule has 2 heterocycles. The molecule has 0 spiro atoms. The Hall–Kier alpha value is -2.86. The Morgan fingerprint density at radius 1 is 1.19 bits per heavy atom. The molecule has 2 aromatic heterocycles. The molecule has 0 saturated carbocycles. The van der Waals surface area contributed by atoms with E-state index in [-0.39, 0.29) is 16.4 Å². The van der Waals surface area contributed by atoms with Crippen LogP contribution in [0.4, 0.5) is 4.39 Å². The van der Waals surface area contributed by atoms with E-state index in [0.717, 1.165) is 23.2 Å². The van der Waals surface area contributed by atoms with Gasteiger partial charge in [0.15, 0.2) is 6.61 Å². The second-order valence-electron chi connectivity index (χ2n) is 6.07. The van der Waals surface area contributed by atoms with Gasteiger partial charge in [-0.05, 0) is 50.2 Å². The van der Waals surface area contributed by atoms with Crippen molar-refractivity contribution in [3.05, 3.63) is 81.8 Å². The van der Waals surface area contributed by atoms with E-state index in [9.17, 15) is 14.0 Å². The van der Waals surface area contributed by atoms with Crippen molar-refractivity contribution < 1.29 is 23.1 Å². The topological polar surface area (TPSA) is 61.4 Å². The number of carbonyl (C=O) groups excluding carboxylic acids is 2. The number of ether oxygens (including phenoxy) is 1. The zero-order valence-corrected chi connectivity index (χ0v) is 15.5. The molecular weight excluding hydrogens is 373 g/mol. The monoisotopic (exact) mass is 389 g/mol. The summed E-state index contributed by atoms with van der Waals surface area (Å²) in [5, 5.41) is 0.170. The predicted octanol–water partition coefficient (Wildman–Crippen LogP) is 4.58. The molecule has 27 heavy (non-hydrogen) atoms. The number of hydrogen-bond acceptors (Lipinski definition) is 4. The summed E-state index contributed by atoms with van der Waals surface area (Å²) in [4.78, 5) is 24.5. The molecule has 0 atom stereocenters. The van der Waals surface area contributed by atoms with E-state index in [1.54, 1.807) is 18.4 Å². The van der Waals surface area contributed by atoms with Crippen LogP contribution in [0.3, 0.4) is 0 Å². The van der Waals surface area contributed by atoms with Crippen LogP contribution >= 0.6 is 11.6 Å². The van der Waals surface area contributed by atoms with Gasteiger partial charge in [0.2, 0.25) is 5.78 Å². The third kappa shape index (κ3) is 4.11. The summed E-state index contributed by atoms with van der Waals surface area (Å²) in [6, 6.07) is 9.00. The molecule has 0 amide bonds. The lowest BCUT2D eigenvalue weighted by Crippen LogP contribution is -2.16. The number of aromatic nitrogens is 1. The van der Waals surface area contributed by atoms with E-state index in [0.29, 0.717) is 12.1 Å². The van der Waals surface area contributed by atoms with Crippen molar-refractivity contribution in [3.63, 3.8) is 0 Å². The molecule has 0 bridgehead atoms. The Bertz CT molecular complexity index is 992. The highest BCUT2D eigenvalue weighted by molar-refractivity contribution is 6.30. The second-order valence-corrected chi connectivity index (χ2v) is 6.51. The largest absolute Gasteiger partial charge is 0.467 e. The molecule has 0 N–H and O–H groups in total. The molecule has 0 unspecified atom stereocenters. The summed E-state index contributed by atoms with van der Waals surface area (Å²) >= 11 is 5.66. The normalized spacial score (nSPS) is 10.8. The quantitative estimate of drug-likeness (QED) is 0.457. The molecule has 0 fully saturated rings. The predicted molar refractivity (Wildman–Crippen MR) is 97.7 cm³/mol. The number of nitrogens with zero attached hydrogens (tertiary/aromatic N) is 1. The fraction of sp³-hybridized carbons (Fsp3) is 0.200. The maximum absolute atomic E-state index is 13.8. The number of Topliss-reactive ketones (excluding diaryl/α,β-unsaturated/α-hetero) is 1.